The summed E-state index contributed by atoms with van der Waals surface area (Å²) < 4.78 is 0. The number of phenols is 1. The lowest BCUT2D eigenvalue weighted by molar-refractivity contribution is 0.255. The number of benzene rings is 2. The van der Waals surface area contributed by atoms with Crippen molar-refractivity contribution in [3.8, 4) is 5.75 Å². The number of amides is 2. The molecule has 0 fully saturated rings. The van der Waals surface area contributed by atoms with E-state index in [1.807, 2.05) is 18.2 Å². The molecule has 6 heteroatoms. The van der Waals surface area contributed by atoms with Gasteiger partial charge in [0.15, 0.2) is 0 Å². The van der Waals surface area contributed by atoms with Crippen molar-refractivity contribution in [1.82, 2.24) is 5.32 Å². The highest BCUT2D eigenvalue weighted by atomic mass is 35.5. The molecule has 2 rings (SSSR count). The summed E-state index contributed by atoms with van der Waals surface area (Å²) in [4.78, 5) is 11.7. The summed E-state index contributed by atoms with van der Waals surface area (Å²) in [6, 6.07) is 11.1. The second kappa shape index (κ2) is 7.02. The fraction of sp³-hybridized carbons (Fsp3) is 0. The van der Waals surface area contributed by atoms with E-state index in [9.17, 15) is 9.90 Å². The lowest BCUT2D eigenvalue weighted by Gasteiger charge is -2.07. The third-order valence-electron chi connectivity index (χ3n) is 2.59. The molecule has 108 valence electrons. The van der Waals surface area contributed by atoms with Crippen molar-refractivity contribution < 1.29 is 9.90 Å². The first-order chi connectivity index (χ1) is 10.1. The third kappa shape index (κ3) is 4.41. The smallest absolute Gasteiger partial charge is 0.323 e. The van der Waals surface area contributed by atoms with Crippen molar-refractivity contribution in [2.75, 3.05) is 5.32 Å². The number of hydrogen-bond donors (Lipinski definition) is 3. The van der Waals surface area contributed by atoms with E-state index < -0.39 is 6.03 Å². The molecule has 2 aromatic carbocycles. The molecule has 0 unspecified atom stereocenters. The first-order valence-electron chi connectivity index (χ1n) is 6.03. The number of urea groups is 1. The number of rotatable bonds is 3. The van der Waals surface area contributed by atoms with Crippen LogP contribution in [0.2, 0.25) is 10.0 Å². The quantitative estimate of drug-likeness (QED) is 0.729. The Kier molecular flexibility index (Phi) is 5.09. The molecule has 2 amide bonds. The third-order valence-corrected chi connectivity index (χ3v) is 3.17. The monoisotopic (exact) mass is 322 g/mol. The van der Waals surface area contributed by atoms with Crippen LogP contribution >= 0.6 is 23.2 Å². The summed E-state index contributed by atoms with van der Waals surface area (Å²) in [6.07, 6.45) is 3.12. The summed E-state index contributed by atoms with van der Waals surface area (Å²) in [5.41, 5.74) is 1.01. The van der Waals surface area contributed by atoms with Crippen molar-refractivity contribution in [2.24, 2.45) is 0 Å². The maximum atomic E-state index is 11.7. The van der Waals surface area contributed by atoms with Gasteiger partial charge in [-0.15, -0.1) is 0 Å². The Hall–Kier alpha value is -2.17. The summed E-state index contributed by atoms with van der Waals surface area (Å²) in [7, 11) is 0. The minimum absolute atomic E-state index is 0.0652. The molecule has 2 aromatic rings. The van der Waals surface area contributed by atoms with E-state index >= 15 is 0 Å². The first kappa shape index (κ1) is 15.2. The van der Waals surface area contributed by atoms with Gasteiger partial charge >= 0.3 is 6.03 Å². The lowest BCUT2D eigenvalue weighted by Crippen LogP contribution is -2.23. The van der Waals surface area contributed by atoms with Crippen LogP contribution in [0, 0.1) is 0 Å². The number of phenolic OH excluding ortho intramolecular Hbond substituents is 1. The average Bonchev–Trinajstić information content (AvgIpc) is 2.45. The van der Waals surface area contributed by atoms with Gasteiger partial charge in [-0.25, -0.2) is 4.79 Å². The lowest BCUT2D eigenvalue weighted by atomic mass is 10.2. The summed E-state index contributed by atoms with van der Waals surface area (Å²) in [6.45, 7) is 0. The van der Waals surface area contributed by atoms with Crippen molar-refractivity contribution in [3.63, 3.8) is 0 Å². The summed E-state index contributed by atoms with van der Waals surface area (Å²) in [5, 5.41) is 15.6. The predicted molar refractivity (Wildman–Crippen MR) is 85.8 cm³/mol. The topological polar surface area (TPSA) is 61.4 Å². The fourth-order valence-corrected chi connectivity index (χ4v) is 1.96. The number of aromatic hydroxyl groups is 1. The fourth-order valence-electron chi connectivity index (χ4n) is 1.58. The molecule has 0 aliphatic rings. The van der Waals surface area contributed by atoms with E-state index in [4.69, 9.17) is 23.2 Å². The zero-order chi connectivity index (χ0) is 15.2. The number of carbonyl (C=O) groups is 1. The molecule has 0 heterocycles. The largest absolute Gasteiger partial charge is 0.506 e. The van der Waals surface area contributed by atoms with E-state index in [-0.39, 0.29) is 11.4 Å². The van der Waals surface area contributed by atoms with Crippen molar-refractivity contribution in [3.05, 3.63) is 64.3 Å². The van der Waals surface area contributed by atoms with Gasteiger partial charge in [0, 0.05) is 16.2 Å². The van der Waals surface area contributed by atoms with Crippen LogP contribution in [0.4, 0.5) is 10.5 Å². The zero-order valence-corrected chi connectivity index (χ0v) is 12.3. The SMILES string of the molecule is O=C(N/C=C/c1ccccc1Cl)Nc1cc(Cl)ccc1O. The van der Waals surface area contributed by atoms with Crippen LogP contribution in [0.1, 0.15) is 5.56 Å². The molecule has 0 spiro atoms. The van der Waals surface area contributed by atoms with Crippen molar-refractivity contribution in [2.45, 2.75) is 0 Å². The molecule has 0 atom stereocenters. The van der Waals surface area contributed by atoms with E-state index in [0.29, 0.717) is 10.0 Å². The highest BCUT2D eigenvalue weighted by molar-refractivity contribution is 6.32. The molecule has 21 heavy (non-hydrogen) atoms. The standard InChI is InChI=1S/C15H12Cl2N2O2/c16-11-5-6-14(20)13(9-11)19-15(21)18-8-7-10-3-1-2-4-12(10)17/h1-9,20H,(H2,18,19,21)/b8-7+. The molecule has 0 saturated carbocycles. The van der Waals surface area contributed by atoms with Gasteiger partial charge < -0.3 is 15.7 Å². The molecule has 0 aliphatic carbocycles. The Morgan fingerprint density at radius 3 is 2.67 bits per heavy atom. The minimum Gasteiger partial charge on any atom is -0.506 e. The number of hydrogen-bond acceptors (Lipinski definition) is 2. The van der Waals surface area contributed by atoms with Gasteiger partial charge in [0.05, 0.1) is 5.69 Å². The molecule has 0 radical (unpaired) electrons. The Labute approximate surface area is 132 Å². The van der Waals surface area contributed by atoms with Gasteiger partial charge in [0.25, 0.3) is 0 Å². The van der Waals surface area contributed by atoms with E-state index in [0.717, 1.165) is 5.56 Å². The molecule has 4 nitrogen and oxygen atoms in total. The second-order valence-electron chi connectivity index (χ2n) is 4.11. The van der Waals surface area contributed by atoms with Crippen LogP contribution in [0.5, 0.6) is 5.75 Å². The molecule has 0 saturated heterocycles. The number of halogens is 2. The van der Waals surface area contributed by atoms with E-state index in [1.165, 1.54) is 24.4 Å². The minimum atomic E-state index is -0.504. The highest BCUT2D eigenvalue weighted by Gasteiger charge is 2.05. The van der Waals surface area contributed by atoms with E-state index in [1.54, 1.807) is 12.1 Å². The average molecular weight is 323 g/mol. The number of nitrogens with one attached hydrogen (secondary N) is 2. The Bertz CT molecular complexity index is 687. The predicted octanol–water partition coefficient (Wildman–Crippen LogP) is 4.49. The normalized spacial score (nSPS) is 10.6. The summed E-state index contributed by atoms with van der Waals surface area (Å²) >= 11 is 11.8. The van der Waals surface area contributed by atoms with Crippen LogP contribution in [0.25, 0.3) is 6.08 Å². The first-order valence-corrected chi connectivity index (χ1v) is 6.79. The maximum absolute atomic E-state index is 11.7. The highest BCUT2D eigenvalue weighted by Crippen LogP contribution is 2.26. The molecule has 0 aliphatic heterocycles. The molecule has 3 N–H and O–H groups in total. The number of carbonyl (C=O) groups excluding carboxylic acids is 1. The second-order valence-corrected chi connectivity index (χ2v) is 4.96. The molecule has 0 aromatic heterocycles. The van der Waals surface area contributed by atoms with Crippen molar-refractivity contribution >= 4 is 41.0 Å². The molecular weight excluding hydrogens is 311 g/mol. The van der Waals surface area contributed by atoms with Gasteiger partial charge in [-0.1, -0.05) is 41.4 Å². The van der Waals surface area contributed by atoms with Gasteiger partial charge in [-0.05, 0) is 35.9 Å². The van der Waals surface area contributed by atoms with Crippen LogP contribution in [0.15, 0.2) is 48.7 Å². The van der Waals surface area contributed by atoms with Gasteiger partial charge in [-0.2, -0.15) is 0 Å². The van der Waals surface area contributed by atoms with Gasteiger partial charge in [0.1, 0.15) is 5.75 Å². The van der Waals surface area contributed by atoms with Crippen LogP contribution in [-0.4, -0.2) is 11.1 Å². The molecular formula is C15H12Cl2N2O2. The van der Waals surface area contributed by atoms with Crippen LogP contribution < -0.4 is 10.6 Å². The molecule has 0 bridgehead atoms. The maximum Gasteiger partial charge on any atom is 0.323 e. The summed E-state index contributed by atoms with van der Waals surface area (Å²) in [5.74, 6) is -0.0652. The number of anilines is 1. The van der Waals surface area contributed by atoms with Gasteiger partial charge in [0.2, 0.25) is 0 Å². The zero-order valence-electron chi connectivity index (χ0n) is 10.8. The van der Waals surface area contributed by atoms with E-state index in [2.05, 4.69) is 10.6 Å². The Balaban J connectivity index is 1.96. The Morgan fingerprint density at radius 1 is 1.14 bits per heavy atom. The Morgan fingerprint density at radius 2 is 1.90 bits per heavy atom. The van der Waals surface area contributed by atoms with Crippen molar-refractivity contribution in [1.29, 1.82) is 0 Å². The van der Waals surface area contributed by atoms with Crippen LogP contribution in [-0.2, 0) is 0 Å². The van der Waals surface area contributed by atoms with Crippen LogP contribution in [0.3, 0.4) is 0 Å². The van der Waals surface area contributed by atoms with Gasteiger partial charge in [-0.3, -0.25) is 0 Å².